The van der Waals surface area contributed by atoms with Crippen molar-refractivity contribution in [2.75, 3.05) is 32.8 Å². The molecule has 0 aliphatic carbocycles. The van der Waals surface area contributed by atoms with E-state index in [1.165, 1.54) is 24.9 Å². The number of carbonyl (C=O) groups excluding carboxylic acids is 1. The van der Waals surface area contributed by atoms with Gasteiger partial charge in [0.1, 0.15) is 0 Å². The van der Waals surface area contributed by atoms with Gasteiger partial charge < -0.3 is 15.0 Å². The fraction of sp³-hybridized carbons (Fsp3) is 0.650. The van der Waals surface area contributed by atoms with Crippen LogP contribution in [0.4, 0.5) is 0 Å². The lowest BCUT2D eigenvalue weighted by atomic mass is 9.74. The van der Waals surface area contributed by atoms with Gasteiger partial charge in [0.15, 0.2) is 0 Å². The van der Waals surface area contributed by atoms with E-state index in [9.17, 15) is 4.79 Å². The molecule has 130 valence electrons. The van der Waals surface area contributed by atoms with Gasteiger partial charge in [-0.15, -0.1) is 0 Å². The summed E-state index contributed by atoms with van der Waals surface area (Å²) in [5.41, 5.74) is 1.29. The molecule has 1 aromatic rings. The summed E-state index contributed by atoms with van der Waals surface area (Å²) in [6.45, 7) is 5.24. The number of nitrogens with zero attached hydrogens (tertiary/aromatic N) is 1. The van der Waals surface area contributed by atoms with E-state index in [2.05, 4.69) is 40.5 Å². The standard InChI is InChI=1S/C20H28N2O2/c23-19-14-18(17-4-2-1-3-5-17)20(21-19)8-10-22(11-9-20)15-16-6-12-24-13-7-16/h1-5,16,18H,6-15H2,(H,21,23)/t18-/m1/s1. The van der Waals surface area contributed by atoms with Gasteiger partial charge in [-0.3, -0.25) is 4.79 Å². The molecule has 3 saturated heterocycles. The normalized spacial score (nSPS) is 28.2. The Balaban J connectivity index is 1.41. The molecule has 1 amide bonds. The topological polar surface area (TPSA) is 41.6 Å². The molecule has 3 fully saturated rings. The zero-order chi connectivity index (χ0) is 16.4. The summed E-state index contributed by atoms with van der Waals surface area (Å²) in [5, 5.41) is 3.36. The van der Waals surface area contributed by atoms with Crippen molar-refractivity contribution in [3.8, 4) is 0 Å². The molecule has 1 spiro atoms. The Hall–Kier alpha value is -1.39. The Morgan fingerprint density at radius 2 is 1.83 bits per heavy atom. The molecule has 0 unspecified atom stereocenters. The number of ether oxygens (including phenoxy) is 1. The minimum Gasteiger partial charge on any atom is -0.381 e. The molecule has 0 bridgehead atoms. The van der Waals surface area contributed by atoms with Crippen LogP contribution in [0.1, 0.15) is 43.6 Å². The number of piperidine rings is 1. The van der Waals surface area contributed by atoms with Crippen molar-refractivity contribution in [1.29, 1.82) is 0 Å². The number of rotatable bonds is 3. The number of hydrogen-bond acceptors (Lipinski definition) is 3. The molecule has 4 heteroatoms. The second-order valence-electron chi connectivity index (χ2n) is 7.73. The van der Waals surface area contributed by atoms with Gasteiger partial charge in [0.2, 0.25) is 5.91 Å². The van der Waals surface area contributed by atoms with Crippen LogP contribution in [-0.4, -0.2) is 49.2 Å². The summed E-state index contributed by atoms with van der Waals surface area (Å²) in [7, 11) is 0. The molecule has 1 N–H and O–H groups in total. The number of nitrogens with one attached hydrogen (secondary N) is 1. The molecule has 4 rings (SSSR count). The Bertz CT molecular complexity index is 560. The highest BCUT2D eigenvalue weighted by Gasteiger charge is 2.48. The van der Waals surface area contributed by atoms with Gasteiger partial charge in [-0.2, -0.15) is 0 Å². The van der Waals surface area contributed by atoms with Crippen LogP contribution in [0, 0.1) is 5.92 Å². The van der Waals surface area contributed by atoms with Gasteiger partial charge >= 0.3 is 0 Å². The lowest BCUT2D eigenvalue weighted by molar-refractivity contribution is -0.120. The molecule has 3 aliphatic heterocycles. The second kappa shape index (κ2) is 6.85. The molecular weight excluding hydrogens is 300 g/mol. The Labute approximate surface area is 144 Å². The van der Waals surface area contributed by atoms with Crippen LogP contribution in [0.3, 0.4) is 0 Å². The number of carbonyl (C=O) groups is 1. The number of amides is 1. The highest BCUT2D eigenvalue weighted by molar-refractivity contribution is 5.81. The molecule has 4 nitrogen and oxygen atoms in total. The predicted molar refractivity (Wildman–Crippen MR) is 93.9 cm³/mol. The van der Waals surface area contributed by atoms with E-state index < -0.39 is 0 Å². The van der Waals surface area contributed by atoms with E-state index in [-0.39, 0.29) is 11.4 Å². The maximum Gasteiger partial charge on any atom is 0.221 e. The smallest absolute Gasteiger partial charge is 0.221 e. The van der Waals surface area contributed by atoms with Gasteiger partial charge in [0.05, 0.1) is 0 Å². The number of hydrogen-bond donors (Lipinski definition) is 1. The first-order valence-electron chi connectivity index (χ1n) is 9.41. The average molecular weight is 328 g/mol. The Morgan fingerprint density at radius 3 is 2.54 bits per heavy atom. The third kappa shape index (κ3) is 3.22. The molecule has 1 aromatic carbocycles. The zero-order valence-electron chi connectivity index (χ0n) is 14.4. The molecule has 0 aromatic heterocycles. The Kier molecular flexibility index (Phi) is 4.59. The van der Waals surface area contributed by atoms with E-state index in [1.807, 2.05) is 0 Å². The van der Waals surface area contributed by atoms with Crippen molar-refractivity contribution in [2.45, 2.75) is 43.6 Å². The maximum atomic E-state index is 12.2. The van der Waals surface area contributed by atoms with Gasteiger partial charge in [-0.25, -0.2) is 0 Å². The van der Waals surface area contributed by atoms with Crippen molar-refractivity contribution < 1.29 is 9.53 Å². The maximum absolute atomic E-state index is 12.2. The number of likely N-dealkylation sites (tertiary alicyclic amines) is 1. The molecule has 24 heavy (non-hydrogen) atoms. The van der Waals surface area contributed by atoms with E-state index >= 15 is 0 Å². The second-order valence-corrected chi connectivity index (χ2v) is 7.73. The van der Waals surface area contributed by atoms with Gasteiger partial charge in [-0.05, 0) is 37.2 Å². The highest BCUT2D eigenvalue weighted by Crippen LogP contribution is 2.43. The minimum atomic E-state index is -0.0232. The third-order valence-corrected chi connectivity index (χ3v) is 6.25. The van der Waals surface area contributed by atoms with E-state index in [4.69, 9.17) is 4.74 Å². The molecule has 3 aliphatic rings. The summed E-state index contributed by atoms with van der Waals surface area (Å²) in [5.74, 6) is 1.34. The summed E-state index contributed by atoms with van der Waals surface area (Å²) in [6.07, 6.45) is 5.18. The highest BCUT2D eigenvalue weighted by atomic mass is 16.5. The first-order valence-corrected chi connectivity index (χ1v) is 9.41. The van der Waals surface area contributed by atoms with E-state index in [1.54, 1.807) is 0 Å². The fourth-order valence-corrected chi connectivity index (χ4v) is 4.82. The van der Waals surface area contributed by atoms with Crippen molar-refractivity contribution in [3.05, 3.63) is 35.9 Å². The van der Waals surface area contributed by atoms with Gasteiger partial charge in [0, 0.05) is 50.7 Å². The van der Waals surface area contributed by atoms with Crippen LogP contribution >= 0.6 is 0 Å². The van der Waals surface area contributed by atoms with Crippen LogP contribution in [0.5, 0.6) is 0 Å². The van der Waals surface area contributed by atoms with E-state index in [0.717, 1.165) is 45.1 Å². The third-order valence-electron chi connectivity index (χ3n) is 6.25. The molecule has 0 radical (unpaired) electrons. The first kappa shape index (κ1) is 16.1. The van der Waals surface area contributed by atoms with Crippen LogP contribution in [0.2, 0.25) is 0 Å². The average Bonchev–Trinajstić information content (AvgIpc) is 2.95. The predicted octanol–water partition coefficient (Wildman–Crippen LogP) is 2.55. The molecule has 3 heterocycles. The Morgan fingerprint density at radius 1 is 1.12 bits per heavy atom. The summed E-state index contributed by atoms with van der Waals surface area (Å²) in [4.78, 5) is 14.8. The number of benzene rings is 1. The van der Waals surface area contributed by atoms with Crippen LogP contribution in [-0.2, 0) is 9.53 Å². The van der Waals surface area contributed by atoms with Crippen molar-refractivity contribution in [1.82, 2.24) is 10.2 Å². The summed E-state index contributed by atoms with van der Waals surface area (Å²) in [6, 6.07) is 10.6. The minimum absolute atomic E-state index is 0.0232. The fourth-order valence-electron chi connectivity index (χ4n) is 4.82. The lowest BCUT2D eigenvalue weighted by Gasteiger charge is -2.44. The lowest BCUT2D eigenvalue weighted by Crippen LogP contribution is -2.54. The summed E-state index contributed by atoms with van der Waals surface area (Å²) < 4.78 is 5.47. The first-order chi connectivity index (χ1) is 11.8. The SMILES string of the molecule is O=C1C[C@H](c2ccccc2)C2(CCN(CC3CCOCC3)CC2)N1. The van der Waals surface area contributed by atoms with Crippen molar-refractivity contribution >= 4 is 5.91 Å². The van der Waals surface area contributed by atoms with Gasteiger partial charge in [0.25, 0.3) is 0 Å². The van der Waals surface area contributed by atoms with Crippen molar-refractivity contribution in [2.24, 2.45) is 5.92 Å². The van der Waals surface area contributed by atoms with E-state index in [0.29, 0.717) is 12.3 Å². The monoisotopic (exact) mass is 328 g/mol. The quantitative estimate of drug-likeness (QED) is 0.927. The molecular formula is C20H28N2O2. The van der Waals surface area contributed by atoms with Gasteiger partial charge in [-0.1, -0.05) is 30.3 Å². The van der Waals surface area contributed by atoms with Crippen LogP contribution in [0.15, 0.2) is 30.3 Å². The van der Waals surface area contributed by atoms with Crippen LogP contribution < -0.4 is 5.32 Å². The largest absolute Gasteiger partial charge is 0.381 e. The zero-order valence-corrected chi connectivity index (χ0v) is 14.4. The summed E-state index contributed by atoms with van der Waals surface area (Å²) >= 11 is 0. The van der Waals surface area contributed by atoms with Crippen LogP contribution in [0.25, 0.3) is 0 Å². The molecule has 1 atom stereocenters. The molecule has 0 saturated carbocycles. The van der Waals surface area contributed by atoms with Crippen molar-refractivity contribution in [3.63, 3.8) is 0 Å².